The van der Waals surface area contributed by atoms with Crippen LogP contribution in [-0.2, 0) is 9.53 Å². The minimum absolute atomic E-state index is 0.0115. The van der Waals surface area contributed by atoms with Gasteiger partial charge in [-0.1, -0.05) is 11.6 Å². The summed E-state index contributed by atoms with van der Waals surface area (Å²) < 4.78 is 5.12. The van der Waals surface area contributed by atoms with E-state index in [4.69, 9.17) is 16.3 Å². The van der Waals surface area contributed by atoms with Crippen LogP contribution in [0.25, 0.3) is 0 Å². The van der Waals surface area contributed by atoms with E-state index in [9.17, 15) is 14.4 Å². The fraction of sp³-hybridized carbons (Fsp3) is 0.571. The van der Waals surface area contributed by atoms with E-state index < -0.39 is 11.7 Å². The summed E-state index contributed by atoms with van der Waals surface area (Å²) in [4.78, 5) is 37.9. The van der Waals surface area contributed by atoms with Crippen LogP contribution < -0.4 is 10.6 Å². The minimum atomic E-state index is -0.559. The number of likely N-dealkylation sites (tertiary alicyclic amines) is 1. The maximum absolute atomic E-state index is 12.5. The maximum atomic E-state index is 12.5. The summed E-state index contributed by atoms with van der Waals surface area (Å²) in [6.45, 7) is 7.50. The molecule has 1 aromatic rings. The first kappa shape index (κ1) is 23.0. The van der Waals surface area contributed by atoms with Crippen molar-refractivity contribution in [1.29, 1.82) is 0 Å². The fourth-order valence-corrected chi connectivity index (χ4v) is 3.18. The van der Waals surface area contributed by atoms with Gasteiger partial charge in [-0.3, -0.25) is 9.59 Å². The lowest BCUT2D eigenvalue weighted by atomic mass is 9.96. The Morgan fingerprint density at radius 2 is 1.72 bits per heavy atom. The number of hydrogen-bond donors (Lipinski definition) is 2. The Kier molecular flexibility index (Phi) is 8.32. The number of piperidine rings is 1. The Balaban J connectivity index is 1.63. The van der Waals surface area contributed by atoms with Crippen LogP contribution in [-0.4, -0.2) is 54.6 Å². The third kappa shape index (κ3) is 8.31. The van der Waals surface area contributed by atoms with Gasteiger partial charge in [-0.15, -0.1) is 0 Å². The first-order chi connectivity index (χ1) is 13.6. The average Bonchev–Trinajstić information content (AvgIpc) is 2.65. The molecule has 0 atom stereocenters. The number of amides is 3. The third-order valence-electron chi connectivity index (χ3n) is 4.60. The maximum Gasteiger partial charge on any atom is 0.407 e. The quantitative estimate of drug-likeness (QED) is 0.735. The molecule has 7 nitrogen and oxygen atoms in total. The fourth-order valence-electron chi connectivity index (χ4n) is 3.05. The van der Waals surface area contributed by atoms with E-state index >= 15 is 0 Å². The van der Waals surface area contributed by atoms with Crippen molar-refractivity contribution in [3.63, 3.8) is 0 Å². The SMILES string of the molecule is CC(C)(C)OC(=O)NCCC(=O)NCC1CCN(C(=O)c2ccc(Cl)cc2)CC1. The molecule has 160 valence electrons. The zero-order valence-electron chi connectivity index (χ0n) is 17.3. The number of hydrogen-bond acceptors (Lipinski definition) is 4. The predicted molar refractivity (Wildman–Crippen MR) is 112 cm³/mol. The van der Waals surface area contributed by atoms with Crippen LogP contribution in [0.1, 0.15) is 50.4 Å². The number of rotatable bonds is 6. The molecule has 2 N–H and O–H groups in total. The Labute approximate surface area is 177 Å². The van der Waals surface area contributed by atoms with Crippen molar-refractivity contribution in [2.45, 2.75) is 45.6 Å². The Bertz CT molecular complexity index is 708. The molecule has 0 spiro atoms. The number of nitrogens with zero attached hydrogens (tertiary/aromatic N) is 1. The van der Waals surface area contributed by atoms with Crippen LogP contribution in [0.2, 0.25) is 5.02 Å². The van der Waals surface area contributed by atoms with Gasteiger partial charge in [-0.05, 0) is 63.8 Å². The van der Waals surface area contributed by atoms with Crippen molar-refractivity contribution < 1.29 is 19.1 Å². The molecule has 0 aromatic heterocycles. The summed E-state index contributed by atoms with van der Waals surface area (Å²) in [5, 5.41) is 6.09. The molecule has 1 aliphatic rings. The smallest absolute Gasteiger partial charge is 0.407 e. The van der Waals surface area contributed by atoms with E-state index in [0.717, 1.165) is 12.8 Å². The lowest BCUT2D eigenvalue weighted by Crippen LogP contribution is -2.42. The third-order valence-corrected chi connectivity index (χ3v) is 4.85. The molecule has 0 aliphatic carbocycles. The van der Waals surface area contributed by atoms with E-state index in [-0.39, 0.29) is 24.8 Å². The molecule has 2 rings (SSSR count). The van der Waals surface area contributed by atoms with Crippen molar-refractivity contribution in [2.75, 3.05) is 26.2 Å². The number of alkyl carbamates (subject to hydrolysis) is 1. The molecule has 0 radical (unpaired) electrons. The Morgan fingerprint density at radius 1 is 1.10 bits per heavy atom. The summed E-state index contributed by atoms with van der Waals surface area (Å²) in [6, 6.07) is 6.91. The standard InChI is InChI=1S/C21H30ClN3O4/c1-21(2,3)29-20(28)23-11-8-18(26)24-14-15-9-12-25(13-10-15)19(27)16-4-6-17(22)7-5-16/h4-7,15H,8-14H2,1-3H3,(H,23,28)(H,24,26). The molecule has 3 amide bonds. The topological polar surface area (TPSA) is 87.7 Å². The largest absolute Gasteiger partial charge is 0.444 e. The van der Waals surface area contributed by atoms with Gasteiger partial charge in [0, 0.05) is 43.2 Å². The number of nitrogens with one attached hydrogen (secondary N) is 2. The summed E-state index contributed by atoms with van der Waals surface area (Å²) in [6.07, 6.45) is 1.36. The molecule has 1 fully saturated rings. The number of carbonyl (C=O) groups is 3. The highest BCUT2D eigenvalue weighted by Crippen LogP contribution is 2.19. The van der Waals surface area contributed by atoms with Gasteiger partial charge in [0.1, 0.15) is 5.60 Å². The van der Waals surface area contributed by atoms with Gasteiger partial charge in [0.25, 0.3) is 5.91 Å². The van der Waals surface area contributed by atoms with Crippen molar-refractivity contribution in [3.05, 3.63) is 34.9 Å². The Morgan fingerprint density at radius 3 is 2.31 bits per heavy atom. The van der Waals surface area contributed by atoms with Crippen LogP contribution in [0.15, 0.2) is 24.3 Å². The highest BCUT2D eigenvalue weighted by Gasteiger charge is 2.24. The summed E-state index contributed by atoms with van der Waals surface area (Å²) >= 11 is 5.87. The van der Waals surface area contributed by atoms with E-state index in [1.54, 1.807) is 45.0 Å². The van der Waals surface area contributed by atoms with Gasteiger partial charge in [-0.25, -0.2) is 4.79 Å². The highest BCUT2D eigenvalue weighted by molar-refractivity contribution is 6.30. The second-order valence-electron chi connectivity index (χ2n) is 8.23. The van der Waals surface area contributed by atoms with Gasteiger partial charge in [-0.2, -0.15) is 0 Å². The average molecular weight is 424 g/mol. The normalized spacial score (nSPS) is 15.0. The molecule has 1 saturated heterocycles. The van der Waals surface area contributed by atoms with Gasteiger partial charge in [0.2, 0.25) is 5.91 Å². The Hall–Kier alpha value is -2.28. The summed E-state index contributed by atoms with van der Waals surface area (Å²) in [5.41, 5.74) is 0.0783. The molecule has 0 saturated carbocycles. The van der Waals surface area contributed by atoms with Crippen molar-refractivity contribution in [1.82, 2.24) is 15.5 Å². The first-order valence-electron chi connectivity index (χ1n) is 9.92. The monoisotopic (exact) mass is 423 g/mol. The lowest BCUT2D eigenvalue weighted by molar-refractivity contribution is -0.121. The summed E-state index contributed by atoms with van der Waals surface area (Å²) in [7, 11) is 0. The molecule has 1 aliphatic heterocycles. The van der Waals surface area contributed by atoms with Crippen molar-refractivity contribution in [3.8, 4) is 0 Å². The van der Waals surface area contributed by atoms with Crippen molar-refractivity contribution in [2.24, 2.45) is 5.92 Å². The molecule has 0 unspecified atom stereocenters. The number of halogens is 1. The van der Waals surface area contributed by atoms with Gasteiger partial charge in [0.15, 0.2) is 0 Å². The molecule has 8 heteroatoms. The zero-order valence-corrected chi connectivity index (χ0v) is 18.1. The summed E-state index contributed by atoms with van der Waals surface area (Å²) in [5.74, 6) is 0.241. The van der Waals surface area contributed by atoms with Crippen LogP contribution in [0.5, 0.6) is 0 Å². The van der Waals surface area contributed by atoms with Crippen LogP contribution in [0.4, 0.5) is 4.79 Å². The van der Waals surface area contributed by atoms with Crippen LogP contribution >= 0.6 is 11.6 Å². The second-order valence-corrected chi connectivity index (χ2v) is 8.66. The molecule has 29 heavy (non-hydrogen) atoms. The van der Waals surface area contributed by atoms with E-state index in [2.05, 4.69) is 10.6 Å². The van der Waals surface area contributed by atoms with Crippen LogP contribution in [0, 0.1) is 5.92 Å². The molecule has 1 heterocycles. The van der Waals surface area contributed by atoms with E-state index in [0.29, 0.717) is 36.1 Å². The zero-order chi connectivity index (χ0) is 21.4. The number of ether oxygens (including phenoxy) is 1. The number of carbonyl (C=O) groups excluding carboxylic acids is 3. The van der Waals surface area contributed by atoms with Gasteiger partial charge < -0.3 is 20.3 Å². The number of benzene rings is 1. The predicted octanol–water partition coefficient (Wildman–Crippen LogP) is 3.22. The van der Waals surface area contributed by atoms with Gasteiger partial charge >= 0.3 is 6.09 Å². The molecular weight excluding hydrogens is 394 g/mol. The van der Waals surface area contributed by atoms with E-state index in [1.165, 1.54) is 0 Å². The van der Waals surface area contributed by atoms with Gasteiger partial charge in [0.05, 0.1) is 0 Å². The first-order valence-corrected chi connectivity index (χ1v) is 10.3. The second kappa shape index (κ2) is 10.5. The highest BCUT2D eigenvalue weighted by atomic mass is 35.5. The minimum Gasteiger partial charge on any atom is -0.444 e. The van der Waals surface area contributed by atoms with Crippen molar-refractivity contribution >= 4 is 29.5 Å². The van der Waals surface area contributed by atoms with Crippen LogP contribution in [0.3, 0.4) is 0 Å². The van der Waals surface area contributed by atoms with E-state index in [1.807, 2.05) is 4.90 Å². The lowest BCUT2D eigenvalue weighted by Gasteiger charge is -2.32. The molecule has 1 aromatic carbocycles. The molecular formula is C21H30ClN3O4. The molecule has 0 bridgehead atoms.